The molecule has 0 aliphatic heterocycles. The van der Waals surface area contributed by atoms with Crippen molar-refractivity contribution in [3.63, 3.8) is 0 Å². The van der Waals surface area contributed by atoms with Crippen molar-refractivity contribution < 1.29 is 24.2 Å². The maximum Gasteiger partial charge on any atom is 0.306 e. The number of esters is 1. The van der Waals surface area contributed by atoms with E-state index in [1.165, 1.54) is 6.08 Å². The number of carbonyl (C=O) groups is 3. The molecule has 0 saturated heterocycles. The highest BCUT2D eigenvalue weighted by molar-refractivity contribution is 5.82. The van der Waals surface area contributed by atoms with Crippen molar-refractivity contribution >= 4 is 17.7 Å². The van der Waals surface area contributed by atoms with Crippen LogP contribution in [0.2, 0.25) is 0 Å². The zero-order valence-corrected chi connectivity index (χ0v) is 13.8. The summed E-state index contributed by atoms with van der Waals surface area (Å²) in [6, 6.07) is 0. The fraction of sp³-hybridized carbons (Fsp3) is 0.706. The summed E-state index contributed by atoms with van der Waals surface area (Å²) in [5.74, 6) is -1.52. The largest absolute Gasteiger partial charge is 0.481 e. The number of carbonyl (C=O) groups excluding carboxylic acids is 2. The maximum absolute atomic E-state index is 12.2. The Kier molecular flexibility index (Phi) is 10.2. The molecule has 0 aromatic carbocycles. The summed E-state index contributed by atoms with van der Waals surface area (Å²) in [6.07, 6.45) is 3.62. The van der Waals surface area contributed by atoms with E-state index in [0.717, 1.165) is 0 Å². The quantitative estimate of drug-likeness (QED) is 0.442. The fourth-order valence-corrected chi connectivity index (χ4v) is 2.25. The molecular weight excluding hydrogens is 284 g/mol. The van der Waals surface area contributed by atoms with Gasteiger partial charge in [0.25, 0.3) is 0 Å². The molecule has 0 amide bonds. The molecule has 0 rings (SSSR count). The lowest BCUT2D eigenvalue weighted by atomic mass is 9.85. The molecule has 2 unspecified atom stereocenters. The second-order valence-corrected chi connectivity index (χ2v) is 5.96. The topological polar surface area (TPSA) is 80.7 Å². The van der Waals surface area contributed by atoms with Gasteiger partial charge < -0.3 is 9.84 Å². The van der Waals surface area contributed by atoms with Crippen LogP contribution in [0.4, 0.5) is 0 Å². The fourth-order valence-electron chi connectivity index (χ4n) is 2.25. The van der Waals surface area contributed by atoms with Crippen molar-refractivity contribution in [3.05, 3.63) is 12.7 Å². The molecule has 0 heterocycles. The van der Waals surface area contributed by atoms with E-state index < -0.39 is 11.9 Å². The van der Waals surface area contributed by atoms with Crippen LogP contribution in [0.25, 0.3) is 0 Å². The number of hydrogen-bond acceptors (Lipinski definition) is 4. The maximum atomic E-state index is 12.2. The molecule has 0 spiro atoms. The third-order valence-corrected chi connectivity index (χ3v) is 3.72. The van der Waals surface area contributed by atoms with Gasteiger partial charge in [0, 0.05) is 18.8 Å². The molecule has 22 heavy (non-hydrogen) atoms. The molecule has 2 atom stereocenters. The highest BCUT2D eigenvalue weighted by Crippen LogP contribution is 2.22. The van der Waals surface area contributed by atoms with E-state index in [2.05, 4.69) is 6.58 Å². The molecule has 0 aromatic heterocycles. The predicted octanol–water partition coefficient (Wildman–Crippen LogP) is 3.23. The van der Waals surface area contributed by atoms with Crippen LogP contribution in [0.1, 0.15) is 52.9 Å². The highest BCUT2D eigenvalue weighted by Gasteiger charge is 2.23. The van der Waals surface area contributed by atoms with E-state index in [9.17, 15) is 14.4 Å². The third kappa shape index (κ3) is 8.60. The molecule has 0 bridgehead atoms. The highest BCUT2D eigenvalue weighted by atomic mass is 16.5. The Hall–Kier alpha value is -1.65. The van der Waals surface area contributed by atoms with Gasteiger partial charge in [-0.15, -0.1) is 0 Å². The Labute approximate surface area is 132 Å². The van der Waals surface area contributed by atoms with Gasteiger partial charge in [0.1, 0.15) is 12.4 Å². The molecule has 0 aromatic rings. The van der Waals surface area contributed by atoms with Gasteiger partial charge in [-0.2, -0.15) is 0 Å². The summed E-state index contributed by atoms with van der Waals surface area (Å²) in [4.78, 5) is 34.5. The van der Waals surface area contributed by atoms with Gasteiger partial charge in [0.15, 0.2) is 0 Å². The molecule has 5 nitrogen and oxygen atoms in total. The van der Waals surface area contributed by atoms with E-state index in [1.807, 2.05) is 13.8 Å². The van der Waals surface area contributed by atoms with Crippen LogP contribution in [-0.2, 0) is 19.1 Å². The van der Waals surface area contributed by atoms with Gasteiger partial charge >= 0.3 is 11.9 Å². The molecule has 5 heteroatoms. The molecular formula is C17H28O5. The number of carboxylic acid groups (broad SMARTS) is 1. The molecule has 0 aliphatic rings. The monoisotopic (exact) mass is 312 g/mol. The van der Waals surface area contributed by atoms with Crippen molar-refractivity contribution in [2.75, 3.05) is 6.61 Å². The lowest BCUT2D eigenvalue weighted by Gasteiger charge is -2.19. The van der Waals surface area contributed by atoms with E-state index in [4.69, 9.17) is 9.84 Å². The number of carboxylic acids is 1. The number of ether oxygens (including phenoxy) is 1. The SMILES string of the molecule is C=CCOC(=O)CCC(C(=O)CCCC(C)C(=O)O)C(C)C. The zero-order valence-electron chi connectivity index (χ0n) is 13.8. The lowest BCUT2D eigenvalue weighted by molar-refractivity contribution is -0.143. The van der Waals surface area contributed by atoms with Crippen LogP contribution < -0.4 is 0 Å². The number of rotatable bonds is 12. The Morgan fingerprint density at radius 3 is 2.27 bits per heavy atom. The van der Waals surface area contributed by atoms with Crippen molar-refractivity contribution in [2.24, 2.45) is 17.8 Å². The Bertz CT molecular complexity index is 387. The Balaban J connectivity index is 4.25. The summed E-state index contributed by atoms with van der Waals surface area (Å²) in [6.45, 7) is 9.21. The van der Waals surface area contributed by atoms with Crippen LogP contribution in [-0.4, -0.2) is 29.4 Å². The van der Waals surface area contributed by atoms with Crippen molar-refractivity contribution in [1.82, 2.24) is 0 Å². The van der Waals surface area contributed by atoms with Gasteiger partial charge in [-0.3, -0.25) is 14.4 Å². The average molecular weight is 312 g/mol. The first-order valence-corrected chi connectivity index (χ1v) is 7.81. The normalized spacial score (nSPS) is 13.5. The van der Waals surface area contributed by atoms with Crippen LogP contribution in [0.3, 0.4) is 0 Å². The molecule has 126 valence electrons. The molecule has 0 aliphatic carbocycles. The van der Waals surface area contributed by atoms with Gasteiger partial charge in [-0.05, 0) is 25.2 Å². The second kappa shape index (κ2) is 11.0. The van der Waals surface area contributed by atoms with Crippen LogP contribution >= 0.6 is 0 Å². The number of Topliss-reactive ketones (excluding diaryl/α,β-unsaturated/α-hetero) is 1. The second-order valence-electron chi connectivity index (χ2n) is 5.96. The Morgan fingerprint density at radius 2 is 1.77 bits per heavy atom. The van der Waals surface area contributed by atoms with Crippen molar-refractivity contribution in [3.8, 4) is 0 Å². The first kappa shape index (κ1) is 20.3. The Morgan fingerprint density at radius 1 is 1.14 bits per heavy atom. The molecule has 0 fully saturated rings. The summed E-state index contributed by atoms with van der Waals surface area (Å²) < 4.78 is 4.91. The minimum Gasteiger partial charge on any atom is -0.481 e. The van der Waals surface area contributed by atoms with Gasteiger partial charge in [-0.1, -0.05) is 33.4 Å². The van der Waals surface area contributed by atoms with Crippen LogP contribution in [0, 0.1) is 17.8 Å². The summed E-state index contributed by atoms with van der Waals surface area (Å²) >= 11 is 0. The minimum absolute atomic E-state index is 0.101. The average Bonchev–Trinajstić information content (AvgIpc) is 2.44. The smallest absolute Gasteiger partial charge is 0.306 e. The minimum atomic E-state index is -0.835. The van der Waals surface area contributed by atoms with Gasteiger partial charge in [0.2, 0.25) is 0 Å². The lowest BCUT2D eigenvalue weighted by Crippen LogP contribution is -2.22. The summed E-state index contributed by atoms with van der Waals surface area (Å²) in [5, 5.41) is 8.82. The van der Waals surface area contributed by atoms with Gasteiger partial charge in [-0.25, -0.2) is 0 Å². The van der Waals surface area contributed by atoms with Crippen LogP contribution in [0.5, 0.6) is 0 Å². The van der Waals surface area contributed by atoms with E-state index in [1.54, 1.807) is 6.92 Å². The van der Waals surface area contributed by atoms with E-state index >= 15 is 0 Å². The first-order valence-electron chi connectivity index (χ1n) is 7.81. The van der Waals surface area contributed by atoms with Crippen molar-refractivity contribution in [1.29, 1.82) is 0 Å². The molecule has 1 N–H and O–H groups in total. The summed E-state index contributed by atoms with van der Waals surface area (Å²) in [7, 11) is 0. The number of aliphatic carboxylic acids is 1. The number of hydrogen-bond donors (Lipinski definition) is 1. The van der Waals surface area contributed by atoms with Gasteiger partial charge in [0.05, 0.1) is 5.92 Å². The van der Waals surface area contributed by atoms with Crippen molar-refractivity contribution in [2.45, 2.75) is 52.9 Å². The van der Waals surface area contributed by atoms with E-state index in [-0.39, 0.29) is 36.6 Å². The first-order chi connectivity index (χ1) is 10.3. The molecule has 0 saturated carbocycles. The third-order valence-electron chi connectivity index (χ3n) is 3.72. The van der Waals surface area contributed by atoms with Crippen LogP contribution in [0.15, 0.2) is 12.7 Å². The number of ketones is 1. The standard InChI is InChI=1S/C17H28O5/c1-5-11-22-16(19)10-9-14(12(2)3)15(18)8-6-7-13(4)17(20)21/h5,12-14H,1,6-11H2,2-4H3,(H,20,21). The summed E-state index contributed by atoms with van der Waals surface area (Å²) in [5.41, 5.74) is 0. The zero-order chi connectivity index (χ0) is 17.1. The predicted molar refractivity (Wildman–Crippen MR) is 84.4 cm³/mol. The van der Waals surface area contributed by atoms with E-state index in [0.29, 0.717) is 25.7 Å². The molecule has 0 radical (unpaired) electrons.